The fourth-order valence-electron chi connectivity index (χ4n) is 3.46. The Hall–Kier alpha value is -2.59. The predicted molar refractivity (Wildman–Crippen MR) is 108 cm³/mol. The van der Waals surface area contributed by atoms with Gasteiger partial charge in [0.1, 0.15) is 5.75 Å². The second-order valence-electron chi connectivity index (χ2n) is 7.09. The van der Waals surface area contributed by atoms with Crippen molar-refractivity contribution in [3.8, 4) is 5.75 Å². The molecule has 2 aromatic carbocycles. The summed E-state index contributed by atoms with van der Waals surface area (Å²) in [5.74, 6) is -1.23. The molecule has 0 spiro atoms. The highest BCUT2D eigenvalue weighted by Gasteiger charge is 2.43. The van der Waals surface area contributed by atoms with Crippen LogP contribution in [-0.2, 0) is 34.2 Å². The molecule has 0 fully saturated rings. The minimum Gasteiger partial charge on any atom is -0.494 e. The van der Waals surface area contributed by atoms with E-state index >= 15 is 0 Å². The van der Waals surface area contributed by atoms with E-state index in [1.54, 1.807) is 6.07 Å². The topological polar surface area (TPSA) is 75.7 Å². The van der Waals surface area contributed by atoms with Crippen molar-refractivity contribution in [2.24, 2.45) is 0 Å². The molecule has 2 aromatic rings. The van der Waals surface area contributed by atoms with Crippen LogP contribution in [0.5, 0.6) is 5.75 Å². The number of hydrogen-bond donors (Lipinski definition) is 1. The van der Waals surface area contributed by atoms with Crippen LogP contribution in [0.3, 0.4) is 0 Å². The number of sulfonamides is 1. The van der Waals surface area contributed by atoms with Crippen LogP contribution in [0.25, 0.3) is 0 Å². The Balaban J connectivity index is 1.70. The summed E-state index contributed by atoms with van der Waals surface area (Å²) in [4.78, 5) is 12.2. The zero-order valence-electron chi connectivity index (χ0n) is 16.9. The van der Waals surface area contributed by atoms with E-state index in [-0.39, 0.29) is 31.0 Å². The van der Waals surface area contributed by atoms with E-state index in [0.29, 0.717) is 29.2 Å². The van der Waals surface area contributed by atoms with Gasteiger partial charge in [-0.05, 0) is 54.7 Å². The standard InChI is InChI=1S/C21H23F3N2O4S/c1-2-30-19-6-4-3-5-16(19)9-11-25-31(28,29)18-8-7-15-10-12-26(14-17(15)13-18)20(27)21(22,23)24/h3-8,13,25H,2,9-12,14H2,1H3. The Labute approximate surface area is 179 Å². The fourth-order valence-corrected chi connectivity index (χ4v) is 4.55. The quantitative estimate of drug-likeness (QED) is 0.695. The number of fused-ring (bicyclic) bond motifs is 1. The van der Waals surface area contributed by atoms with Crippen LogP contribution in [0.1, 0.15) is 23.6 Å². The number of hydrogen-bond acceptors (Lipinski definition) is 4. The smallest absolute Gasteiger partial charge is 0.471 e. The molecule has 0 atom stereocenters. The summed E-state index contributed by atoms with van der Waals surface area (Å²) in [6.45, 7) is 2.14. The van der Waals surface area contributed by atoms with Gasteiger partial charge in [-0.25, -0.2) is 13.1 Å². The maximum atomic E-state index is 12.7. The van der Waals surface area contributed by atoms with E-state index in [0.717, 1.165) is 11.1 Å². The number of nitrogens with one attached hydrogen (secondary N) is 1. The van der Waals surface area contributed by atoms with Crippen LogP contribution >= 0.6 is 0 Å². The first-order chi connectivity index (χ1) is 14.6. The van der Waals surface area contributed by atoms with Gasteiger partial charge in [-0.1, -0.05) is 24.3 Å². The molecule has 0 aromatic heterocycles. The lowest BCUT2D eigenvalue weighted by molar-refractivity contribution is -0.186. The van der Waals surface area contributed by atoms with Gasteiger partial charge in [0.25, 0.3) is 0 Å². The Morgan fingerprint density at radius 2 is 1.90 bits per heavy atom. The van der Waals surface area contributed by atoms with Crippen molar-refractivity contribution in [2.45, 2.75) is 37.4 Å². The van der Waals surface area contributed by atoms with E-state index < -0.39 is 22.1 Å². The van der Waals surface area contributed by atoms with E-state index in [1.165, 1.54) is 12.1 Å². The van der Waals surface area contributed by atoms with Gasteiger partial charge in [-0.15, -0.1) is 0 Å². The molecule has 6 nitrogen and oxygen atoms in total. The molecule has 1 amide bonds. The largest absolute Gasteiger partial charge is 0.494 e. The zero-order valence-corrected chi connectivity index (χ0v) is 17.7. The highest BCUT2D eigenvalue weighted by Crippen LogP contribution is 2.26. The Morgan fingerprint density at radius 1 is 1.16 bits per heavy atom. The van der Waals surface area contributed by atoms with Gasteiger partial charge in [-0.2, -0.15) is 13.2 Å². The van der Waals surface area contributed by atoms with Crippen LogP contribution in [0.2, 0.25) is 0 Å². The van der Waals surface area contributed by atoms with Crippen LogP contribution in [0, 0.1) is 0 Å². The van der Waals surface area contributed by atoms with E-state index in [2.05, 4.69) is 4.72 Å². The maximum Gasteiger partial charge on any atom is 0.471 e. The molecule has 0 aliphatic carbocycles. The van der Waals surface area contributed by atoms with Crippen molar-refractivity contribution in [1.82, 2.24) is 9.62 Å². The monoisotopic (exact) mass is 456 g/mol. The number of carbonyl (C=O) groups is 1. The predicted octanol–water partition coefficient (Wildman–Crippen LogP) is 3.05. The summed E-state index contributed by atoms with van der Waals surface area (Å²) in [6, 6.07) is 11.7. The van der Waals surface area contributed by atoms with Gasteiger partial charge in [-0.3, -0.25) is 4.79 Å². The summed E-state index contributed by atoms with van der Waals surface area (Å²) in [7, 11) is -3.87. The molecule has 0 saturated heterocycles. The molecule has 0 saturated carbocycles. The SMILES string of the molecule is CCOc1ccccc1CCNS(=O)(=O)c1ccc2c(c1)CN(C(=O)C(F)(F)F)CC2. The van der Waals surface area contributed by atoms with Gasteiger partial charge >= 0.3 is 12.1 Å². The molecule has 1 heterocycles. The molecule has 1 aliphatic rings. The van der Waals surface area contributed by atoms with Crippen molar-refractivity contribution in [1.29, 1.82) is 0 Å². The van der Waals surface area contributed by atoms with Crippen molar-refractivity contribution < 1.29 is 31.1 Å². The molecule has 0 bridgehead atoms. The molecule has 168 valence electrons. The Morgan fingerprint density at radius 3 is 2.61 bits per heavy atom. The van der Waals surface area contributed by atoms with Gasteiger partial charge in [0.2, 0.25) is 10.0 Å². The second kappa shape index (κ2) is 9.27. The molecular weight excluding hydrogens is 433 g/mol. The molecule has 1 N–H and O–H groups in total. The lowest BCUT2D eigenvalue weighted by atomic mass is 10.00. The lowest BCUT2D eigenvalue weighted by Gasteiger charge is -2.29. The summed E-state index contributed by atoms with van der Waals surface area (Å²) < 4.78 is 71.6. The molecule has 10 heteroatoms. The lowest BCUT2D eigenvalue weighted by Crippen LogP contribution is -2.43. The maximum absolute atomic E-state index is 12.7. The molecule has 0 unspecified atom stereocenters. The minimum absolute atomic E-state index is 0.0503. The van der Waals surface area contributed by atoms with Crippen LogP contribution in [0.4, 0.5) is 13.2 Å². The minimum atomic E-state index is -4.96. The van der Waals surface area contributed by atoms with Gasteiger partial charge in [0.15, 0.2) is 0 Å². The number of nitrogens with zero attached hydrogens (tertiary/aromatic N) is 1. The Kier molecular flexibility index (Phi) is 6.90. The van der Waals surface area contributed by atoms with Crippen molar-refractivity contribution in [3.63, 3.8) is 0 Å². The molecule has 1 aliphatic heterocycles. The second-order valence-corrected chi connectivity index (χ2v) is 8.86. The third-order valence-electron chi connectivity index (χ3n) is 4.99. The van der Waals surface area contributed by atoms with E-state index in [9.17, 15) is 26.4 Å². The molecular formula is C21H23F3N2O4S. The van der Waals surface area contributed by atoms with Gasteiger partial charge < -0.3 is 9.64 Å². The molecule has 0 radical (unpaired) electrons. The third-order valence-corrected chi connectivity index (χ3v) is 6.45. The number of ether oxygens (including phenoxy) is 1. The first kappa shape index (κ1) is 23.1. The normalized spacial score (nSPS) is 14.3. The summed E-state index contributed by atoms with van der Waals surface area (Å²) in [5.41, 5.74) is 1.99. The fraction of sp³-hybridized carbons (Fsp3) is 0.381. The Bertz CT molecular complexity index is 1050. The van der Waals surface area contributed by atoms with Crippen LogP contribution in [-0.4, -0.2) is 45.1 Å². The summed E-state index contributed by atoms with van der Waals surface area (Å²) in [5, 5.41) is 0. The first-order valence-electron chi connectivity index (χ1n) is 9.80. The number of carbonyl (C=O) groups excluding carboxylic acids is 1. The van der Waals surface area contributed by atoms with Crippen LogP contribution < -0.4 is 9.46 Å². The molecule has 31 heavy (non-hydrogen) atoms. The van der Waals surface area contributed by atoms with Crippen molar-refractivity contribution in [2.75, 3.05) is 19.7 Å². The zero-order chi connectivity index (χ0) is 22.6. The molecule has 3 rings (SSSR count). The number of alkyl halides is 3. The average molecular weight is 456 g/mol. The number of para-hydroxylation sites is 1. The third kappa shape index (κ3) is 5.56. The van der Waals surface area contributed by atoms with E-state index in [4.69, 9.17) is 4.74 Å². The number of halogens is 3. The number of rotatable bonds is 7. The summed E-state index contributed by atoms with van der Waals surface area (Å²) >= 11 is 0. The first-order valence-corrected chi connectivity index (χ1v) is 11.3. The number of benzene rings is 2. The summed E-state index contributed by atoms with van der Waals surface area (Å²) in [6.07, 6.45) is -4.31. The van der Waals surface area contributed by atoms with Gasteiger partial charge in [0.05, 0.1) is 11.5 Å². The van der Waals surface area contributed by atoms with Crippen LogP contribution in [0.15, 0.2) is 47.4 Å². The van der Waals surface area contributed by atoms with E-state index in [1.807, 2.05) is 31.2 Å². The van der Waals surface area contributed by atoms with Crippen molar-refractivity contribution in [3.05, 3.63) is 59.2 Å². The number of amides is 1. The van der Waals surface area contributed by atoms with Gasteiger partial charge in [0, 0.05) is 19.6 Å². The van der Waals surface area contributed by atoms with Crippen molar-refractivity contribution >= 4 is 15.9 Å². The highest BCUT2D eigenvalue weighted by molar-refractivity contribution is 7.89. The average Bonchev–Trinajstić information content (AvgIpc) is 2.73. The highest BCUT2D eigenvalue weighted by atomic mass is 32.2.